The topological polar surface area (TPSA) is 69.3 Å². The summed E-state index contributed by atoms with van der Waals surface area (Å²) in [6.45, 7) is 1.42. The van der Waals surface area contributed by atoms with Crippen molar-refractivity contribution in [1.29, 1.82) is 0 Å². The fraction of sp³-hybridized carbons (Fsp3) is 0.467. The van der Waals surface area contributed by atoms with Crippen molar-refractivity contribution in [3.63, 3.8) is 0 Å². The number of aryl methyl sites for hydroxylation is 1. The second kappa shape index (κ2) is 6.13. The summed E-state index contributed by atoms with van der Waals surface area (Å²) < 4.78 is 12.4. The van der Waals surface area contributed by atoms with Crippen molar-refractivity contribution in [2.75, 3.05) is 13.7 Å². The zero-order valence-electron chi connectivity index (χ0n) is 12.0. The standard InChI is InChI=1S/C15H19N3O3/c1-20-12-3-6-18-9-13(17-14(18)8-12)15(19)16-5-2-11-4-7-21-10-11/h4,7,9-10,12H,2-3,5-6,8H2,1H3,(H,16,19). The first kappa shape index (κ1) is 13.9. The molecule has 0 bridgehead atoms. The average molecular weight is 289 g/mol. The van der Waals surface area contributed by atoms with Gasteiger partial charge in [0.25, 0.3) is 5.91 Å². The summed E-state index contributed by atoms with van der Waals surface area (Å²) in [5, 5.41) is 2.88. The number of ether oxygens (including phenoxy) is 1. The third kappa shape index (κ3) is 3.16. The third-order valence-electron chi connectivity index (χ3n) is 3.81. The molecule has 0 aromatic carbocycles. The van der Waals surface area contributed by atoms with Gasteiger partial charge in [-0.3, -0.25) is 4.79 Å². The Bertz CT molecular complexity index is 604. The predicted octanol–water partition coefficient (Wildman–Crippen LogP) is 1.41. The number of hydrogen-bond acceptors (Lipinski definition) is 4. The maximum absolute atomic E-state index is 12.1. The van der Waals surface area contributed by atoms with Gasteiger partial charge < -0.3 is 19.0 Å². The molecular weight excluding hydrogens is 270 g/mol. The summed E-state index contributed by atoms with van der Waals surface area (Å²) in [6.07, 6.45) is 7.83. The normalized spacial score (nSPS) is 17.5. The van der Waals surface area contributed by atoms with E-state index in [-0.39, 0.29) is 12.0 Å². The van der Waals surface area contributed by atoms with Crippen LogP contribution in [-0.2, 0) is 24.1 Å². The minimum Gasteiger partial charge on any atom is -0.472 e. The fourth-order valence-electron chi connectivity index (χ4n) is 2.56. The van der Waals surface area contributed by atoms with Crippen LogP contribution in [0.5, 0.6) is 0 Å². The van der Waals surface area contributed by atoms with Crippen LogP contribution in [-0.4, -0.2) is 35.2 Å². The summed E-state index contributed by atoms with van der Waals surface area (Å²) in [5.41, 5.74) is 1.55. The minimum absolute atomic E-state index is 0.130. The van der Waals surface area contributed by atoms with Gasteiger partial charge in [0.05, 0.1) is 18.6 Å². The average Bonchev–Trinajstić information content (AvgIpc) is 3.15. The highest BCUT2D eigenvalue weighted by Gasteiger charge is 2.22. The first-order valence-electron chi connectivity index (χ1n) is 7.14. The number of rotatable bonds is 5. The highest BCUT2D eigenvalue weighted by Crippen LogP contribution is 2.17. The SMILES string of the molecule is COC1CCn2cc(C(=O)NCCc3ccoc3)nc2C1. The molecule has 0 saturated heterocycles. The molecule has 1 aliphatic rings. The van der Waals surface area contributed by atoms with Gasteiger partial charge in [0.2, 0.25) is 0 Å². The van der Waals surface area contributed by atoms with Gasteiger partial charge in [0, 0.05) is 32.8 Å². The van der Waals surface area contributed by atoms with Crippen LogP contribution in [0.15, 0.2) is 29.2 Å². The molecule has 0 aliphatic carbocycles. The van der Waals surface area contributed by atoms with Gasteiger partial charge in [-0.2, -0.15) is 0 Å². The van der Waals surface area contributed by atoms with Crippen LogP contribution in [0, 0.1) is 0 Å². The van der Waals surface area contributed by atoms with Gasteiger partial charge in [-0.1, -0.05) is 0 Å². The lowest BCUT2D eigenvalue weighted by atomic mass is 10.1. The van der Waals surface area contributed by atoms with Crippen molar-refractivity contribution < 1.29 is 13.9 Å². The maximum Gasteiger partial charge on any atom is 0.271 e. The van der Waals surface area contributed by atoms with Crippen LogP contribution in [0.2, 0.25) is 0 Å². The van der Waals surface area contributed by atoms with Crippen molar-refractivity contribution in [1.82, 2.24) is 14.9 Å². The number of nitrogens with one attached hydrogen (secondary N) is 1. The monoisotopic (exact) mass is 289 g/mol. The number of furan rings is 1. The van der Waals surface area contributed by atoms with E-state index in [2.05, 4.69) is 10.3 Å². The van der Waals surface area contributed by atoms with Gasteiger partial charge in [-0.15, -0.1) is 0 Å². The first-order chi connectivity index (χ1) is 10.3. The fourth-order valence-corrected chi connectivity index (χ4v) is 2.56. The number of carbonyl (C=O) groups excluding carboxylic acids is 1. The summed E-state index contributed by atoms with van der Waals surface area (Å²) >= 11 is 0. The maximum atomic E-state index is 12.1. The Labute approximate surface area is 123 Å². The third-order valence-corrected chi connectivity index (χ3v) is 3.81. The van der Waals surface area contributed by atoms with Gasteiger partial charge >= 0.3 is 0 Å². The molecule has 2 aromatic heterocycles. The molecular formula is C15H19N3O3. The molecule has 1 N–H and O–H groups in total. The van der Waals surface area contributed by atoms with Crippen LogP contribution >= 0.6 is 0 Å². The number of imidazole rings is 1. The van der Waals surface area contributed by atoms with Crippen molar-refractivity contribution in [2.24, 2.45) is 0 Å². The number of amides is 1. The van der Waals surface area contributed by atoms with Crippen LogP contribution in [0.1, 0.15) is 28.3 Å². The highest BCUT2D eigenvalue weighted by molar-refractivity contribution is 5.92. The molecule has 1 aliphatic heterocycles. The van der Waals surface area contributed by atoms with Crippen molar-refractivity contribution in [3.05, 3.63) is 41.9 Å². The molecule has 1 unspecified atom stereocenters. The molecule has 0 saturated carbocycles. The van der Waals surface area contributed by atoms with Crippen molar-refractivity contribution >= 4 is 5.91 Å². The molecule has 3 rings (SSSR count). The second-order valence-corrected chi connectivity index (χ2v) is 5.22. The predicted molar refractivity (Wildman–Crippen MR) is 76.1 cm³/mol. The summed E-state index contributed by atoms with van der Waals surface area (Å²) in [5.74, 6) is 0.794. The van der Waals surface area contributed by atoms with E-state index in [4.69, 9.17) is 9.15 Å². The number of carbonyl (C=O) groups is 1. The molecule has 0 spiro atoms. The van der Waals surface area contributed by atoms with E-state index >= 15 is 0 Å². The molecule has 1 atom stereocenters. The highest BCUT2D eigenvalue weighted by atomic mass is 16.5. The second-order valence-electron chi connectivity index (χ2n) is 5.22. The van der Waals surface area contributed by atoms with E-state index in [1.165, 1.54) is 0 Å². The van der Waals surface area contributed by atoms with E-state index in [9.17, 15) is 4.79 Å². The minimum atomic E-state index is -0.130. The Morgan fingerprint density at radius 1 is 1.62 bits per heavy atom. The lowest BCUT2D eigenvalue weighted by Crippen LogP contribution is -2.26. The van der Waals surface area contributed by atoms with Crippen molar-refractivity contribution in [2.45, 2.75) is 31.9 Å². The number of hydrogen-bond donors (Lipinski definition) is 1. The van der Waals surface area contributed by atoms with E-state index < -0.39 is 0 Å². The molecule has 21 heavy (non-hydrogen) atoms. The zero-order chi connectivity index (χ0) is 14.7. The molecule has 2 aromatic rings. The smallest absolute Gasteiger partial charge is 0.271 e. The zero-order valence-corrected chi connectivity index (χ0v) is 12.0. The number of nitrogens with zero attached hydrogens (tertiary/aromatic N) is 2. The Hall–Kier alpha value is -2.08. The summed E-state index contributed by atoms with van der Waals surface area (Å²) in [6, 6.07) is 1.90. The van der Waals surface area contributed by atoms with Crippen LogP contribution in [0.3, 0.4) is 0 Å². The lowest BCUT2D eigenvalue weighted by molar-refractivity contribution is 0.0796. The molecule has 6 nitrogen and oxygen atoms in total. The summed E-state index contributed by atoms with van der Waals surface area (Å²) in [7, 11) is 1.72. The van der Waals surface area contributed by atoms with Gasteiger partial charge in [0.15, 0.2) is 0 Å². The van der Waals surface area contributed by atoms with Gasteiger partial charge in [-0.25, -0.2) is 4.98 Å². The molecule has 0 radical (unpaired) electrons. The molecule has 112 valence electrons. The van der Waals surface area contributed by atoms with Crippen LogP contribution < -0.4 is 5.32 Å². The lowest BCUT2D eigenvalue weighted by Gasteiger charge is -2.21. The van der Waals surface area contributed by atoms with Gasteiger partial charge in [0.1, 0.15) is 11.5 Å². The van der Waals surface area contributed by atoms with Crippen LogP contribution in [0.25, 0.3) is 0 Å². The Kier molecular flexibility index (Phi) is 4.06. The molecule has 3 heterocycles. The number of aromatic nitrogens is 2. The van der Waals surface area contributed by atoms with Crippen molar-refractivity contribution in [3.8, 4) is 0 Å². The Balaban J connectivity index is 1.57. The quantitative estimate of drug-likeness (QED) is 0.903. The first-order valence-corrected chi connectivity index (χ1v) is 7.14. The van der Waals surface area contributed by atoms with Crippen LogP contribution in [0.4, 0.5) is 0 Å². The molecule has 1 amide bonds. The number of fused-ring (bicyclic) bond motifs is 1. The Morgan fingerprint density at radius 2 is 2.52 bits per heavy atom. The largest absolute Gasteiger partial charge is 0.472 e. The molecule has 0 fully saturated rings. The van der Waals surface area contributed by atoms with Gasteiger partial charge in [-0.05, 0) is 24.5 Å². The Morgan fingerprint density at radius 3 is 3.29 bits per heavy atom. The number of methoxy groups -OCH3 is 1. The van der Waals surface area contributed by atoms with E-state index in [0.29, 0.717) is 12.2 Å². The van der Waals surface area contributed by atoms with E-state index in [0.717, 1.165) is 37.2 Å². The van der Waals surface area contributed by atoms with E-state index in [1.54, 1.807) is 19.6 Å². The van der Waals surface area contributed by atoms with E-state index in [1.807, 2.05) is 16.8 Å². The summed E-state index contributed by atoms with van der Waals surface area (Å²) in [4.78, 5) is 16.5. The molecule has 6 heteroatoms.